The van der Waals surface area contributed by atoms with Crippen molar-refractivity contribution in [1.29, 1.82) is 0 Å². The average Bonchev–Trinajstić information content (AvgIpc) is 2.86. The highest BCUT2D eigenvalue weighted by Gasteiger charge is 2.30. The Hall–Kier alpha value is -3.42. The summed E-state index contributed by atoms with van der Waals surface area (Å²) < 4.78 is 5.49. The van der Waals surface area contributed by atoms with Gasteiger partial charge in [0, 0.05) is 35.3 Å². The second kappa shape index (κ2) is 11.5. The Morgan fingerprint density at radius 2 is 2.00 bits per heavy atom. The fraction of sp³-hybridized carbons (Fsp3) is 0.407. The molecule has 0 bridgehead atoms. The van der Waals surface area contributed by atoms with E-state index in [1.807, 2.05) is 6.92 Å². The molecular formula is C27H35N5O4. The molecule has 2 heterocycles. The number of hydrogen-bond donors (Lipinski definition) is 5. The lowest BCUT2D eigenvalue weighted by Gasteiger charge is -2.26. The number of piperidine rings is 1. The van der Waals surface area contributed by atoms with E-state index in [4.69, 9.17) is 16.2 Å². The largest absolute Gasteiger partial charge is 0.432 e. The van der Waals surface area contributed by atoms with Crippen LogP contribution < -0.4 is 16.2 Å². The third kappa shape index (κ3) is 7.29. The number of hydrogen-bond acceptors (Lipinski definition) is 9. The second-order valence-electron chi connectivity index (χ2n) is 9.21. The first-order chi connectivity index (χ1) is 17.0. The lowest BCUT2D eigenvalue weighted by molar-refractivity contribution is -0.303. The van der Waals surface area contributed by atoms with Crippen LogP contribution in [0.3, 0.4) is 0 Å². The van der Waals surface area contributed by atoms with E-state index in [-0.39, 0.29) is 23.2 Å². The monoisotopic (exact) mass is 493 g/mol. The van der Waals surface area contributed by atoms with Crippen molar-refractivity contribution in [2.45, 2.75) is 50.7 Å². The lowest BCUT2D eigenvalue weighted by atomic mass is 10.0. The number of benzene rings is 1. The summed E-state index contributed by atoms with van der Waals surface area (Å²) in [6.07, 6.45) is 7.02. The summed E-state index contributed by atoms with van der Waals surface area (Å²) in [6.45, 7) is 5.42. The van der Waals surface area contributed by atoms with Crippen LogP contribution in [0.2, 0.25) is 0 Å². The quantitative estimate of drug-likeness (QED) is 0.223. The second-order valence-corrected chi connectivity index (χ2v) is 9.21. The van der Waals surface area contributed by atoms with Crippen LogP contribution in [-0.2, 0) is 5.97 Å². The molecule has 0 aliphatic carbocycles. The minimum atomic E-state index is -2.71. The molecule has 192 valence electrons. The third-order valence-electron chi connectivity index (χ3n) is 6.16. The summed E-state index contributed by atoms with van der Waals surface area (Å²) in [5.74, 6) is 2.84. The Kier molecular flexibility index (Phi) is 8.71. The van der Waals surface area contributed by atoms with E-state index in [0.717, 1.165) is 25.9 Å². The van der Waals surface area contributed by atoms with Gasteiger partial charge in [0.25, 0.3) is 0 Å². The molecule has 0 saturated carbocycles. The fourth-order valence-electron chi connectivity index (χ4n) is 3.55. The van der Waals surface area contributed by atoms with Crippen LogP contribution in [-0.4, -0.2) is 63.2 Å². The van der Waals surface area contributed by atoms with Crippen LogP contribution in [0.1, 0.15) is 49.8 Å². The van der Waals surface area contributed by atoms with Crippen molar-refractivity contribution >= 4 is 17.6 Å². The van der Waals surface area contributed by atoms with Crippen molar-refractivity contribution in [3.05, 3.63) is 59.4 Å². The Morgan fingerprint density at radius 3 is 2.67 bits per heavy atom. The Balaban J connectivity index is 1.81. The molecule has 1 aromatic carbocycles. The number of aromatic nitrogens is 1. The van der Waals surface area contributed by atoms with E-state index in [2.05, 4.69) is 33.8 Å². The first-order valence-electron chi connectivity index (χ1n) is 11.9. The van der Waals surface area contributed by atoms with Gasteiger partial charge in [0.05, 0.1) is 11.6 Å². The summed E-state index contributed by atoms with van der Waals surface area (Å²) in [4.78, 5) is 11.1. The van der Waals surface area contributed by atoms with E-state index in [0.29, 0.717) is 23.1 Å². The number of allylic oxidation sites excluding steroid dienone is 1. The van der Waals surface area contributed by atoms with Gasteiger partial charge in [-0.05, 0) is 70.6 Å². The van der Waals surface area contributed by atoms with Gasteiger partial charge in [-0.3, -0.25) is 4.99 Å². The molecule has 0 amide bonds. The van der Waals surface area contributed by atoms with Crippen molar-refractivity contribution < 1.29 is 20.1 Å². The molecule has 7 N–H and O–H groups in total. The first-order valence-corrected chi connectivity index (χ1v) is 11.9. The molecule has 2 aromatic rings. The van der Waals surface area contributed by atoms with Crippen molar-refractivity contribution in [2.75, 3.05) is 25.9 Å². The molecule has 36 heavy (non-hydrogen) atoms. The van der Waals surface area contributed by atoms with Gasteiger partial charge in [-0.1, -0.05) is 24.8 Å². The number of pyridine rings is 1. The predicted octanol–water partition coefficient (Wildman–Crippen LogP) is 1.81. The maximum atomic E-state index is 10.7. The number of aliphatic imine (C=N–C) groups is 1. The number of anilines is 1. The fourth-order valence-corrected chi connectivity index (χ4v) is 3.55. The van der Waals surface area contributed by atoms with Crippen molar-refractivity contribution in [3.63, 3.8) is 0 Å². The molecule has 1 aliphatic rings. The van der Waals surface area contributed by atoms with Gasteiger partial charge in [0.2, 0.25) is 0 Å². The van der Waals surface area contributed by atoms with E-state index >= 15 is 0 Å². The summed E-state index contributed by atoms with van der Waals surface area (Å²) in [6, 6.07) is 7.99. The van der Waals surface area contributed by atoms with Crippen LogP contribution in [0.5, 0.6) is 5.75 Å². The minimum absolute atomic E-state index is 0.0233. The van der Waals surface area contributed by atoms with Gasteiger partial charge in [-0.25, -0.2) is 4.98 Å². The number of likely N-dealkylation sites (tertiary alicyclic amines) is 1. The molecule has 3 rings (SSSR count). The van der Waals surface area contributed by atoms with E-state index in [1.165, 1.54) is 30.6 Å². The molecule has 0 spiro atoms. The van der Waals surface area contributed by atoms with Crippen LogP contribution >= 0.6 is 0 Å². The molecular weight excluding hydrogens is 458 g/mol. The predicted molar refractivity (Wildman–Crippen MR) is 141 cm³/mol. The number of nitrogens with two attached hydrogens (primary N) is 2. The van der Waals surface area contributed by atoms with Gasteiger partial charge >= 0.3 is 5.97 Å². The highest BCUT2D eigenvalue weighted by atomic mass is 16.8. The molecule has 1 unspecified atom stereocenters. The summed E-state index contributed by atoms with van der Waals surface area (Å²) in [7, 11) is 2.09. The average molecular weight is 494 g/mol. The zero-order valence-corrected chi connectivity index (χ0v) is 21.0. The first kappa shape index (κ1) is 27.2. The van der Waals surface area contributed by atoms with Gasteiger partial charge in [0.1, 0.15) is 5.60 Å². The molecule has 1 aromatic heterocycles. The van der Waals surface area contributed by atoms with Crippen molar-refractivity contribution in [1.82, 2.24) is 9.88 Å². The topological polar surface area (TPSA) is 150 Å². The zero-order valence-electron chi connectivity index (χ0n) is 21.0. The molecule has 1 aliphatic heterocycles. The number of aliphatic hydroxyl groups is 3. The highest BCUT2D eigenvalue weighted by Crippen LogP contribution is 2.30. The molecule has 0 radical (unpaired) electrons. The number of ether oxygens (including phenoxy) is 1. The van der Waals surface area contributed by atoms with Crippen LogP contribution in [0.15, 0.2) is 47.7 Å². The SMILES string of the molecule is CCC(C)(O)C#Cc1cccc(C(O)(O)Oc2cc(C(C=NC3CCN(C)CC3)=CN)cnc2N)c1. The van der Waals surface area contributed by atoms with E-state index < -0.39 is 11.6 Å². The smallest absolute Gasteiger partial charge is 0.351 e. The zero-order chi connectivity index (χ0) is 26.3. The molecule has 9 heteroatoms. The Labute approximate surface area is 212 Å². The normalized spacial score (nSPS) is 17.4. The number of nitrogen functional groups attached to an aromatic ring is 1. The van der Waals surface area contributed by atoms with Crippen LogP contribution in [0.25, 0.3) is 5.57 Å². The molecule has 1 saturated heterocycles. The van der Waals surface area contributed by atoms with Crippen LogP contribution in [0, 0.1) is 11.8 Å². The summed E-state index contributed by atoms with van der Waals surface area (Å²) in [5, 5.41) is 31.6. The van der Waals surface area contributed by atoms with E-state index in [1.54, 1.807) is 25.3 Å². The number of rotatable bonds is 7. The molecule has 9 nitrogen and oxygen atoms in total. The maximum Gasteiger partial charge on any atom is 0.351 e. The van der Waals surface area contributed by atoms with Gasteiger partial charge in [-0.2, -0.15) is 0 Å². The Bertz CT molecular complexity index is 1170. The standard InChI is InChI=1S/C27H35N5O4/c1-4-26(2,33)11-8-19-6-5-7-22(14-19)27(34,35)36-24-15-20(17-31-25(24)29)21(16-28)18-30-23-9-12-32(3)13-10-23/h5-7,14-18,23,33-35H,4,9-10,12-13,28H2,1-3H3,(H2,29,31). The van der Waals surface area contributed by atoms with E-state index in [9.17, 15) is 15.3 Å². The van der Waals surface area contributed by atoms with Crippen LogP contribution in [0.4, 0.5) is 5.82 Å². The highest BCUT2D eigenvalue weighted by molar-refractivity contribution is 6.09. The van der Waals surface area contributed by atoms with Gasteiger partial charge in [0.15, 0.2) is 11.6 Å². The minimum Gasteiger partial charge on any atom is -0.432 e. The van der Waals surface area contributed by atoms with Gasteiger partial charge < -0.3 is 36.4 Å². The number of nitrogens with zero attached hydrogens (tertiary/aromatic N) is 3. The summed E-state index contributed by atoms with van der Waals surface area (Å²) in [5.41, 5.74) is 12.3. The Morgan fingerprint density at radius 1 is 1.28 bits per heavy atom. The summed E-state index contributed by atoms with van der Waals surface area (Å²) >= 11 is 0. The molecule has 1 atom stereocenters. The maximum absolute atomic E-state index is 10.7. The van der Waals surface area contributed by atoms with Gasteiger partial charge in [-0.15, -0.1) is 0 Å². The van der Waals surface area contributed by atoms with Crippen molar-refractivity contribution in [3.8, 4) is 17.6 Å². The molecule has 1 fully saturated rings. The lowest BCUT2D eigenvalue weighted by Crippen LogP contribution is -2.32. The third-order valence-corrected chi connectivity index (χ3v) is 6.16. The van der Waals surface area contributed by atoms with Crippen molar-refractivity contribution in [2.24, 2.45) is 10.7 Å².